The minimum Gasteiger partial charge on any atom is -0.396 e. The maximum absolute atomic E-state index is 8.59. The zero-order valence-electron chi connectivity index (χ0n) is 12.2. The molecule has 2 aromatic carbocycles. The number of aryl methyl sites for hydroxylation is 1. The number of unbranched alkanes of at least 4 members (excludes halogenated alkanes) is 5. The second-order valence-corrected chi connectivity index (χ2v) is 4.85. The Morgan fingerprint density at radius 3 is 1.95 bits per heavy atom. The topological polar surface area (TPSA) is 20.2 Å². The third-order valence-electron chi connectivity index (χ3n) is 3.16. The van der Waals surface area contributed by atoms with Crippen LogP contribution in [0.4, 0.5) is 0 Å². The number of aliphatic hydroxyl groups excluding tert-OH is 1. The predicted molar refractivity (Wildman–Crippen MR) is 82.6 cm³/mol. The summed E-state index contributed by atoms with van der Waals surface area (Å²) >= 11 is 0. The summed E-state index contributed by atoms with van der Waals surface area (Å²) in [6, 6.07) is 18.6. The van der Waals surface area contributed by atoms with E-state index in [9.17, 15) is 0 Å². The van der Waals surface area contributed by atoms with Crippen LogP contribution in [-0.4, -0.2) is 11.7 Å². The van der Waals surface area contributed by atoms with Gasteiger partial charge in [0, 0.05) is 6.61 Å². The van der Waals surface area contributed by atoms with Gasteiger partial charge in [-0.3, -0.25) is 0 Å². The van der Waals surface area contributed by atoms with Crippen molar-refractivity contribution in [2.45, 2.75) is 44.9 Å². The summed E-state index contributed by atoms with van der Waals surface area (Å²) in [6.45, 7) is 0.355. The van der Waals surface area contributed by atoms with Crippen LogP contribution in [0, 0.1) is 0 Å². The van der Waals surface area contributed by atoms with E-state index in [4.69, 9.17) is 5.11 Å². The molecule has 112 valence electrons. The Morgan fingerprint density at radius 1 is 0.800 bits per heavy atom. The van der Waals surface area contributed by atoms with Crippen molar-refractivity contribution in [3.63, 3.8) is 0 Å². The van der Waals surface area contributed by atoms with E-state index in [1.165, 1.54) is 44.1 Å². The van der Waals surface area contributed by atoms with Gasteiger partial charge in [0.1, 0.15) is 0 Å². The fourth-order valence-electron chi connectivity index (χ4n) is 2.05. The molecule has 0 aliphatic rings. The largest absolute Gasteiger partial charge is 2.00 e. The van der Waals surface area contributed by atoms with Crippen molar-refractivity contribution in [2.75, 3.05) is 6.61 Å². The minimum atomic E-state index is 0. The molecule has 0 heterocycles. The first-order valence-electron chi connectivity index (χ1n) is 7.41. The molecular weight excluding hydrogens is 288 g/mol. The smallest absolute Gasteiger partial charge is 0.396 e. The Kier molecular flexibility index (Phi) is 14.0. The van der Waals surface area contributed by atoms with Gasteiger partial charge in [-0.2, -0.15) is 35.9 Å². The first-order chi connectivity index (χ1) is 9.43. The molecule has 0 spiro atoms. The molecule has 0 fully saturated rings. The molecule has 0 atom stereocenters. The summed E-state index contributed by atoms with van der Waals surface area (Å²) in [5.74, 6) is 0. The second-order valence-electron chi connectivity index (χ2n) is 4.85. The molecule has 0 bridgehead atoms. The summed E-state index contributed by atoms with van der Waals surface area (Å²) in [5.41, 5.74) is 1.47. The number of rotatable bonds is 8. The molecule has 0 saturated carbocycles. The molecule has 0 aliphatic heterocycles. The standard InChI is InChI=1S/C13H21O.C5H5.Fe/c14-12-8-4-2-1-3-5-9-13-10-6-7-11-13;1-2-4-5-3-1;/h6-7,10-11,14H,1-5,8-9,12H2;1-5H;/q2*-1;+2. The average Bonchev–Trinajstić information content (AvgIpc) is 3.13. The van der Waals surface area contributed by atoms with Gasteiger partial charge in [-0.25, -0.2) is 24.3 Å². The summed E-state index contributed by atoms with van der Waals surface area (Å²) in [4.78, 5) is 0. The van der Waals surface area contributed by atoms with Gasteiger partial charge in [0.15, 0.2) is 0 Å². The van der Waals surface area contributed by atoms with E-state index >= 15 is 0 Å². The van der Waals surface area contributed by atoms with Gasteiger partial charge in [0.05, 0.1) is 0 Å². The zero-order chi connectivity index (χ0) is 13.6. The van der Waals surface area contributed by atoms with Crippen LogP contribution >= 0.6 is 0 Å². The molecule has 1 nitrogen and oxygen atoms in total. The first kappa shape index (κ1) is 19.2. The Morgan fingerprint density at radius 2 is 1.45 bits per heavy atom. The van der Waals surface area contributed by atoms with Crippen LogP contribution in [0.5, 0.6) is 0 Å². The Bertz CT molecular complexity index is 333. The van der Waals surface area contributed by atoms with Gasteiger partial charge < -0.3 is 5.11 Å². The molecule has 2 aromatic rings. The van der Waals surface area contributed by atoms with Crippen LogP contribution in [0.3, 0.4) is 0 Å². The van der Waals surface area contributed by atoms with Gasteiger partial charge in [0.25, 0.3) is 0 Å². The molecule has 1 N–H and O–H groups in total. The maximum Gasteiger partial charge on any atom is 2.00 e. The second kappa shape index (κ2) is 14.6. The molecule has 0 aromatic heterocycles. The van der Waals surface area contributed by atoms with Crippen LogP contribution in [0.15, 0.2) is 54.6 Å². The van der Waals surface area contributed by atoms with Gasteiger partial charge in [-0.05, 0) is 6.42 Å². The van der Waals surface area contributed by atoms with E-state index in [1.54, 1.807) is 0 Å². The SMILES string of the molecule is OCCCCCCCCc1ccc[cH-]1.[Fe+2].c1cc[cH-]c1. The molecular formula is C18H26FeO. The van der Waals surface area contributed by atoms with Crippen molar-refractivity contribution < 1.29 is 22.2 Å². The summed E-state index contributed by atoms with van der Waals surface area (Å²) in [5, 5.41) is 8.59. The molecule has 20 heavy (non-hydrogen) atoms. The summed E-state index contributed by atoms with van der Waals surface area (Å²) in [7, 11) is 0. The maximum atomic E-state index is 8.59. The molecule has 2 rings (SSSR count). The van der Waals surface area contributed by atoms with Gasteiger partial charge in [-0.15, -0.1) is 0 Å². The number of hydrogen-bond donors (Lipinski definition) is 1. The van der Waals surface area contributed by atoms with Crippen molar-refractivity contribution in [2.24, 2.45) is 0 Å². The zero-order valence-corrected chi connectivity index (χ0v) is 13.3. The molecule has 2 heteroatoms. The van der Waals surface area contributed by atoms with Crippen LogP contribution < -0.4 is 0 Å². The molecule has 0 radical (unpaired) electrons. The third kappa shape index (κ3) is 11.0. The average molecular weight is 314 g/mol. The predicted octanol–water partition coefficient (Wildman–Crippen LogP) is 4.68. The quantitative estimate of drug-likeness (QED) is 0.426. The fraction of sp³-hybridized carbons (Fsp3) is 0.444. The fourth-order valence-corrected chi connectivity index (χ4v) is 2.05. The Hall–Kier alpha value is -0.821. The Labute approximate surface area is 134 Å². The van der Waals surface area contributed by atoms with Gasteiger partial charge >= 0.3 is 17.1 Å². The van der Waals surface area contributed by atoms with Crippen LogP contribution in [-0.2, 0) is 23.5 Å². The molecule has 0 aliphatic carbocycles. The van der Waals surface area contributed by atoms with Crippen molar-refractivity contribution in [1.29, 1.82) is 0 Å². The van der Waals surface area contributed by atoms with E-state index in [2.05, 4.69) is 24.3 Å². The van der Waals surface area contributed by atoms with E-state index in [-0.39, 0.29) is 17.1 Å². The molecule has 0 unspecified atom stereocenters. The van der Waals surface area contributed by atoms with E-state index < -0.39 is 0 Å². The normalized spacial score (nSPS) is 9.45. The van der Waals surface area contributed by atoms with Crippen LogP contribution in [0.25, 0.3) is 0 Å². The van der Waals surface area contributed by atoms with Gasteiger partial charge in [0.2, 0.25) is 0 Å². The van der Waals surface area contributed by atoms with Crippen molar-refractivity contribution in [3.05, 3.63) is 60.2 Å². The van der Waals surface area contributed by atoms with E-state index in [0.717, 1.165) is 6.42 Å². The van der Waals surface area contributed by atoms with Crippen LogP contribution in [0.2, 0.25) is 0 Å². The number of aliphatic hydroxyl groups is 1. The minimum absolute atomic E-state index is 0. The van der Waals surface area contributed by atoms with Crippen molar-refractivity contribution in [1.82, 2.24) is 0 Å². The summed E-state index contributed by atoms with van der Waals surface area (Å²) < 4.78 is 0. The Balaban J connectivity index is 0.000000507. The van der Waals surface area contributed by atoms with Crippen molar-refractivity contribution >= 4 is 0 Å². The van der Waals surface area contributed by atoms with E-state index in [0.29, 0.717) is 6.61 Å². The van der Waals surface area contributed by atoms with Gasteiger partial charge in [-0.1, -0.05) is 38.5 Å². The number of hydrogen-bond acceptors (Lipinski definition) is 1. The van der Waals surface area contributed by atoms with Crippen LogP contribution in [0.1, 0.15) is 44.1 Å². The third-order valence-corrected chi connectivity index (χ3v) is 3.16. The molecule has 0 saturated heterocycles. The monoisotopic (exact) mass is 314 g/mol. The molecule has 0 amide bonds. The van der Waals surface area contributed by atoms with E-state index in [1.807, 2.05) is 30.3 Å². The first-order valence-corrected chi connectivity index (χ1v) is 7.41. The van der Waals surface area contributed by atoms with Crippen molar-refractivity contribution in [3.8, 4) is 0 Å². The summed E-state index contributed by atoms with van der Waals surface area (Å²) in [6.07, 6.45) is 8.63.